The van der Waals surface area contributed by atoms with Gasteiger partial charge in [0, 0.05) is 24.0 Å². The molecule has 21 heavy (non-hydrogen) atoms. The smallest absolute Gasteiger partial charge is 0.233 e. The minimum Gasteiger partial charge on any atom is -0.338 e. The lowest BCUT2D eigenvalue weighted by atomic mass is 9.92. The van der Waals surface area contributed by atoms with Crippen LogP contribution in [-0.4, -0.2) is 35.7 Å². The first kappa shape index (κ1) is 18.3. The van der Waals surface area contributed by atoms with Crippen molar-refractivity contribution in [2.24, 2.45) is 11.7 Å². The molecule has 1 saturated heterocycles. The normalized spacial score (nSPS) is 21.8. The first-order valence-electron chi connectivity index (χ1n) is 7.29. The van der Waals surface area contributed by atoms with Crippen molar-refractivity contribution in [3.05, 3.63) is 29.8 Å². The van der Waals surface area contributed by atoms with E-state index in [0.717, 1.165) is 24.3 Å². The number of carbonyl (C=O) groups is 1. The van der Waals surface area contributed by atoms with Gasteiger partial charge in [0.2, 0.25) is 5.91 Å². The minimum atomic E-state index is 0. The molecule has 0 saturated carbocycles. The average molecular weight is 329 g/mol. The number of amides is 1. The fourth-order valence-electron chi connectivity index (χ4n) is 2.67. The zero-order valence-electron chi connectivity index (χ0n) is 12.7. The Kier molecular flexibility index (Phi) is 7.57. The summed E-state index contributed by atoms with van der Waals surface area (Å²) in [5.41, 5.74) is 7.06. The van der Waals surface area contributed by atoms with Gasteiger partial charge in [0.1, 0.15) is 0 Å². The van der Waals surface area contributed by atoms with E-state index in [9.17, 15) is 4.79 Å². The van der Waals surface area contributed by atoms with Crippen LogP contribution in [0.25, 0.3) is 0 Å². The molecule has 2 N–H and O–H groups in total. The summed E-state index contributed by atoms with van der Waals surface area (Å²) in [5, 5.41) is 0. The highest BCUT2D eigenvalue weighted by atomic mass is 35.5. The van der Waals surface area contributed by atoms with Crippen LogP contribution in [0.4, 0.5) is 0 Å². The van der Waals surface area contributed by atoms with E-state index in [-0.39, 0.29) is 24.4 Å². The van der Waals surface area contributed by atoms with Gasteiger partial charge in [-0.25, -0.2) is 0 Å². The Hall–Kier alpha value is -0.710. The molecular weight excluding hydrogens is 304 g/mol. The lowest BCUT2D eigenvalue weighted by molar-refractivity contribution is -0.132. The summed E-state index contributed by atoms with van der Waals surface area (Å²) < 4.78 is 0. The predicted octanol–water partition coefficient (Wildman–Crippen LogP) is 3.09. The molecule has 1 fully saturated rings. The number of likely N-dealkylation sites (tertiary alicyclic amines) is 1. The molecule has 1 aliphatic heterocycles. The maximum atomic E-state index is 12.4. The van der Waals surface area contributed by atoms with Crippen LogP contribution < -0.4 is 5.73 Å². The monoisotopic (exact) mass is 328 g/mol. The van der Waals surface area contributed by atoms with Crippen molar-refractivity contribution >= 4 is 30.1 Å². The molecule has 2 rings (SSSR count). The Labute approximate surface area is 138 Å². The standard InChI is InChI=1S/C16H24N2OS.ClH/c1-12-3-5-15(6-4-12)20-11-16(19)18-8-7-13(2)9-14(18)10-17;/h3-6,13-14H,7-11,17H2,1-2H3;1H. The summed E-state index contributed by atoms with van der Waals surface area (Å²) in [6.07, 6.45) is 2.13. The Morgan fingerprint density at radius 1 is 1.38 bits per heavy atom. The molecule has 0 aromatic heterocycles. The molecule has 0 bridgehead atoms. The second-order valence-electron chi connectivity index (χ2n) is 5.71. The summed E-state index contributed by atoms with van der Waals surface area (Å²) in [7, 11) is 0. The molecule has 1 aliphatic rings. The van der Waals surface area contributed by atoms with Gasteiger partial charge in [-0.05, 0) is 37.8 Å². The molecule has 1 amide bonds. The molecule has 0 spiro atoms. The van der Waals surface area contributed by atoms with Crippen LogP contribution >= 0.6 is 24.2 Å². The van der Waals surface area contributed by atoms with E-state index in [1.54, 1.807) is 11.8 Å². The number of rotatable bonds is 4. The van der Waals surface area contributed by atoms with Gasteiger partial charge in [-0.1, -0.05) is 24.6 Å². The van der Waals surface area contributed by atoms with Gasteiger partial charge < -0.3 is 10.6 Å². The van der Waals surface area contributed by atoms with Crippen molar-refractivity contribution in [1.82, 2.24) is 4.90 Å². The predicted molar refractivity (Wildman–Crippen MR) is 92.1 cm³/mol. The van der Waals surface area contributed by atoms with E-state index >= 15 is 0 Å². The zero-order chi connectivity index (χ0) is 14.5. The summed E-state index contributed by atoms with van der Waals surface area (Å²) in [5.74, 6) is 1.41. The van der Waals surface area contributed by atoms with Crippen molar-refractivity contribution in [1.29, 1.82) is 0 Å². The summed E-state index contributed by atoms with van der Waals surface area (Å²) in [6, 6.07) is 8.54. The molecule has 5 heteroatoms. The molecule has 118 valence electrons. The Morgan fingerprint density at radius 3 is 2.67 bits per heavy atom. The number of nitrogens with zero attached hydrogens (tertiary/aromatic N) is 1. The second-order valence-corrected chi connectivity index (χ2v) is 6.76. The van der Waals surface area contributed by atoms with E-state index in [1.807, 2.05) is 4.90 Å². The maximum Gasteiger partial charge on any atom is 0.233 e. The van der Waals surface area contributed by atoms with E-state index in [4.69, 9.17) is 5.73 Å². The van der Waals surface area contributed by atoms with Crippen molar-refractivity contribution < 1.29 is 4.79 Å². The van der Waals surface area contributed by atoms with Crippen molar-refractivity contribution in [2.75, 3.05) is 18.8 Å². The number of benzene rings is 1. The number of aryl methyl sites for hydroxylation is 1. The quantitative estimate of drug-likeness (QED) is 0.864. The highest BCUT2D eigenvalue weighted by molar-refractivity contribution is 8.00. The van der Waals surface area contributed by atoms with Crippen LogP contribution in [0.1, 0.15) is 25.3 Å². The second kappa shape index (κ2) is 8.66. The maximum absolute atomic E-state index is 12.4. The van der Waals surface area contributed by atoms with Crippen molar-refractivity contribution in [3.8, 4) is 0 Å². The van der Waals surface area contributed by atoms with Gasteiger partial charge in [0.15, 0.2) is 0 Å². The Balaban J connectivity index is 0.00000220. The number of nitrogens with two attached hydrogens (primary N) is 1. The van der Waals surface area contributed by atoms with Crippen LogP contribution in [0.5, 0.6) is 0 Å². The van der Waals surface area contributed by atoms with Gasteiger partial charge >= 0.3 is 0 Å². The Morgan fingerprint density at radius 2 is 2.05 bits per heavy atom. The van der Waals surface area contributed by atoms with Crippen LogP contribution in [0, 0.1) is 12.8 Å². The molecule has 1 aromatic rings. The number of piperidine rings is 1. The topological polar surface area (TPSA) is 46.3 Å². The van der Waals surface area contributed by atoms with Gasteiger partial charge in [-0.15, -0.1) is 24.2 Å². The molecule has 0 radical (unpaired) electrons. The SMILES string of the molecule is Cc1ccc(SCC(=O)N2CCC(C)CC2CN)cc1.Cl. The van der Waals surface area contributed by atoms with Gasteiger partial charge in [-0.2, -0.15) is 0 Å². The highest BCUT2D eigenvalue weighted by Gasteiger charge is 2.28. The lowest BCUT2D eigenvalue weighted by Gasteiger charge is -2.38. The number of hydrogen-bond donors (Lipinski definition) is 1. The highest BCUT2D eigenvalue weighted by Crippen LogP contribution is 2.24. The fraction of sp³-hybridized carbons (Fsp3) is 0.562. The van der Waals surface area contributed by atoms with E-state index < -0.39 is 0 Å². The van der Waals surface area contributed by atoms with Crippen molar-refractivity contribution in [2.45, 2.75) is 37.6 Å². The largest absolute Gasteiger partial charge is 0.338 e. The van der Waals surface area contributed by atoms with E-state index in [0.29, 0.717) is 18.2 Å². The molecule has 2 unspecified atom stereocenters. The molecule has 3 nitrogen and oxygen atoms in total. The van der Waals surface area contributed by atoms with Crippen LogP contribution in [0.2, 0.25) is 0 Å². The summed E-state index contributed by atoms with van der Waals surface area (Å²) in [4.78, 5) is 15.5. The lowest BCUT2D eigenvalue weighted by Crippen LogP contribution is -2.49. The summed E-state index contributed by atoms with van der Waals surface area (Å²) in [6.45, 7) is 5.74. The van der Waals surface area contributed by atoms with Gasteiger partial charge in [0.25, 0.3) is 0 Å². The van der Waals surface area contributed by atoms with Gasteiger partial charge in [-0.3, -0.25) is 4.79 Å². The van der Waals surface area contributed by atoms with E-state index in [1.165, 1.54) is 5.56 Å². The number of hydrogen-bond acceptors (Lipinski definition) is 3. The molecule has 1 heterocycles. The van der Waals surface area contributed by atoms with Crippen molar-refractivity contribution in [3.63, 3.8) is 0 Å². The zero-order valence-corrected chi connectivity index (χ0v) is 14.4. The third kappa shape index (κ3) is 5.20. The molecular formula is C16H25ClN2OS. The van der Waals surface area contributed by atoms with Gasteiger partial charge in [0.05, 0.1) is 5.75 Å². The summed E-state index contributed by atoms with van der Waals surface area (Å²) >= 11 is 1.61. The third-order valence-electron chi connectivity index (χ3n) is 3.95. The first-order valence-corrected chi connectivity index (χ1v) is 8.27. The molecule has 1 aromatic carbocycles. The Bertz CT molecular complexity index is 452. The van der Waals surface area contributed by atoms with Crippen LogP contribution in [-0.2, 0) is 4.79 Å². The number of halogens is 1. The first-order chi connectivity index (χ1) is 9.60. The fourth-order valence-corrected chi connectivity index (χ4v) is 3.45. The van der Waals surface area contributed by atoms with Crippen LogP contribution in [0.15, 0.2) is 29.2 Å². The molecule has 0 aliphatic carbocycles. The van der Waals surface area contributed by atoms with E-state index in [2.05, 4.69) is 38.1 Å². The molecule has 2 atom stereocenters. The number of thioether (sulfide) groups is 1. The average Bonchev–Trinajstić information content (AvgIpc) is 2.46. The third-order valence-corrected chi connectivity index (χ3v) is 4.95. The number of carbonyl (C=O) groups excluding carboxylic acids is 1. The van der Waals surface area contributed by atoms with Crippen LogP contribution in [0.3, 0.4) is 0 Å². The minimum absolute atomic E-state index is 0.